The SMILES string of the molecule is Clc1ccc(Cn2cnc3c2CCCC3)cn1. The minimum absolute atomic E-state index is 0.543. The first-order chi connectivity index (χ1) is 8.33. The lowest BCUT2D eigenvalue weighted by Crippen LogP contribution is -2.09. The number of halogens is 1. The molecule has 0 atom stereocenters. The first-order valence-electron chi connectivity index (χ1n) is 5.96. The first kappa shape index (κ1) is 10.8. The van der Waals surface area contributed by atoms with Crippen LogP contribution in [0.25, 0.3) is 0 Å². The normalized spacial score (nSPS) is 14.6. The monoisotopic (exact) mass is 247 g/mol. The largest absolute Gasteiger partial charge is 0.330 e. The maximum atomic E-state index is 5.78. The maximum absolute atomic E-state index is 5.78. The van der Waals surface area contributed by atoms with Gasteiger partial charge in [-0.25, -0.2) is 9.97 Å². The molecule has 1 aliphatic carbocycles. The van der Waals surface area contributed by atoms with Crippen LogP contribution < -0.4 is 0 Å². The van der Waals surface area contributed by atoms with Crippen molar-refractivity contribution in [3.05, 3.63) is 46.8 Å². The van der Waals surface area contributed by atoms with E-state index in [0.717, 1.165) is 19.4 Å². The highest BCUT2D eigenvalue weighted by atomic mass is 35.5. The van der Waals surface area contributed by atoms with Crippen LogP contribution in [0.15, 0.2) is 24.7 Å². The van der Waals surface area contributed by atoms with Crippen molar-refractivity contribution < 1.29 is 0 Å². The summed E-state index contributed by atoms with van der Waals surface area (Å²) in [6.45, 7) is 0.840. The molecule has 0 saturated heterocycles. The molecule has 3 rings (SSSR count). The highest BCUT2D eigenvalue weighted by molar-refractivity contribution is 6.29. The highest BCUT2D eigenvalue weighted by Crippen LogP contribution is 2.20. The third kappa shape index (κ3) is 2.20. The van der Waals surface area contributed by atoms with E-state index < -0.39 is 0 Å². The number of nitrogens with zero attached hydrogens (tertiary/aromatic N) is 3. The highest BCUT2D eigenvalue weighted by Gasteiger charge is 2.14. The van der Waals surface area contributed by atoms with Gasteiger partial charge in [-0.05, 0) is 37.3 Å². The van der Waals surface area contributed by atoms with E-state index in [1.807, 2.05) is 24.7 Å². The maximum Gasteiger partial charge on any atom is 0.129 e. The van der Waals surface area contributed by atoms with Gasteiger partial charge in [0.1, 0.15) is 5.15 Å². The molecular weight excluding hydrogens is 234 g/mol. The molecular formula is C13H14ClN3. The predicted octanol–water partition coefficient (Wildman–Crippen LogP) is 2.86. The Labute approximate surface area is 105 Å². The van der Waals surface area contributed by atoms with E-state index in [-0.39, 0.29) is 0 Å². The molecule has 17 heavy (non-hydrogen) atoms. The third-order valence-corrected chi connectivity index (χ3v) is 3.48. The molecule has 0 unspecified atom stereocenters. The van der Waals surface area contributed by atoms with E-state index in [2.05, 4.69) is 14.5 Å². The molecule has 2 aromatic heterocycles. The van der Waals surface area contributed by atoms with E-state index in [0.29, 0.717) is 5.15 Å². The van der Waals surface area contributed by atoms with Crippen LogP contribution in [-0.4, -0.2) is 14.5 Å². The topological polar surface area (TPSA) is 30.7 Å². The fraction of sp³-hybridized carbons (Fsp3) is 0.385. The molecule has 0 saturated carbocycles. The van der Waals surface area contributed by atoms with Gasteiger partial charge in [-0.3, -0.25) is 0 Å². The van der Waals surface area contributed by atoms with E-state index in [1.54, 1.807) is 0 Å². The molecule has 0 radical (unpaired) electrons. The quantitative estimate of drug-likeness (QED) is 0.764. The smallest absolute Gasteiger partial charge is 0.129 e. The van der Waals surface area contributed by atoms with Crippen LogP contribution in [0.3, 0.4) is 0 Å². The van der Waals surface area contributed by atoms with Gasteiger partial charge in [0.05, 0.1) is 18.6 Å². The minimum Gasteiger partial charge on any atom is -0.330 e. The van der Waals surface area contributed by atoms with Gasteiger partial charge in [0.15, 0.2) is 0 Å². The Balaban J connectivity index is 1.85. The average Bonchev–Trinajstić information content (AvgIpc) is 2.76. The van der Waals surface area contributed by atoms with Crippen molar-refractivity contribution in [2.75, 3.05) is 0 Å². The second-order valence-electron chi connectivity index (χ2n) is 4.46. The van der Waals surface area contributed by atoms with Gasteiger partial charge in [-0.2, -0.15) is 0 Å². The summed E-state index contributed by atoms with van der Waals surface area (Å²) in [4.78, 5) is 8.59. The van der Waals surface area contributed by atoms with Gasteiger partial charge in [0.25, 0.3) is 0 Å². The molecule has 0 N–H and O–H groups in total. The Morgan fingerprint density at radius 1 is 1.18 bits per heavy atom. The van der Waals surface area contributed by atoms with Crippen LogP contribution in [0.4, 0.5) is 0 Å². The van der Waals surface area contributed by atoms with Crippen LogP contribution in [0.2, 0.25) is 5.15 Å². The van der Waals surface area contributed by atoms with Crippen molar-refractivity contribution in [1.82, 2.24) is 14.5 Å². The van der Waals surface area contributed by atoms with Crippen molar-refractivity contribution in [2.24, 2.45) is 0 Å². The number of hydrogen-bond donors (Lipinski definition) is 0. The molecule has 2 aromatic rings. The zero-order chi connectivity index (χ0) is 11.7. The summed E-state index contributed by atoms with van der Waals surface area (Å²) >= 11 is 5.78. The number of imidazole rings is 1. The zero-order valence-electron chi connectivity index (χ0n) is 9.56. The number of aromatic nitrogens is 3. The molecule has 3 nitrogen and oxygen atoms in total. The number of aryl methyl sites for hydroxylation is 1. The third-order valence-electron chi connectivity index (χ3n) is 3.25. The lowest BCUT2D eigenvalue weighted by molar-refractivity contribution is 0.628. The Morgan fingerprint density at radius 3 is 2.88 bits per heavy atom. The molecule has 88 valence electrons. The number of pyridine rings is 1. The lowest BCUT2D eigenvalue weighted by Gasteiger charge is -2.13. The molecule has 0 spiro atoms. The van der Waals surface area contributed by atoms with E-state index in [4.69, 9.17) is 11.6 Å². The zero-order valence-corrected chi connectivity index (χ0v) is 10.3. The average molecular weight is 248 g/mol. The van der Waals surface area contributed by atoms with Crippen molar-refractivity contribution in [3.8, 4) is 0 Å². The van der Waals surface area contributed by atoms with Crippen LogP contribution in [-0.2, 0) is 19.4 Å². The Morgan fingerprint density at radius 2 is 2.06 bits per heavy atom. The Hall–Kier alpha value is -1.35. The molecule has 0 fully saturated rings. The van der Waals surface area contributed by atoms with Crippen molar-refractivity contribution in [1.29, 1.82) is 0 Å². The van der Waals surface area contributed by atoms with Gasteiger partial charge in [0.2, 0.25) is 0 Å². The van der Waals surface area contributed by atoms with Crippen molar-refractivity contribution >= 4 is 11.6 Å². The summed E-state index contributed by atoms with van der Waals surface area (Å²) in [6.07, 6.45) is 8.60. The van der Waals surface area contributed by atoms with Crippen LogP contribution in [0, 0.1) is 0 Å². The molecule has 0 aliphatic heterocycles. The standard InChI is InChI=1S/C13H14ClN3/c14-13-6-5-10(7-15-13)8-17-9-16-11-3-1-2-4-12(11)17/h5-7,9H,1-4,8H2. The van der Waals surface area contributed by atoms with E-state index >= 15 is 0 Å². The summed E-state index contributed by atoms with van der Waals surface area (Å²) in [5.74, 6) is 0. The number of hydrogen-bond acceptors (Lipinski definition) is 2. The summed E-state index contributed by atoms with van der Waals surface area (Å²) < 4.78 is 2.24. The van der Waals surface area contributed by atoms with E-state index in [9.17, 15) is 0 Å². The first-order valence-corrected chi connectivity index (χ1v) is 6.34. The molecule has 0 aromatic carbocycles. The van der Waals surface area contributed by atoms with Gasteiger partial charge in [0, 0.05) is 11.9 Å². The molecule has 0 bridgehead atoms. The lowest BCUT2D eigenvalue weighted by atomic mass is 10.0. The summed E-state index contributed by atoms with van der Waals surface area (Å²) in [5, 5.41) is 0.543. The van der Waals surface area contributed by atoms with E-state index in [1.165, 1.54) is 29.8 Å². The Kier molecular flexibility index (Phi) is 2.85. The van der Waals surface area contributed by atoms with Crippen LogP contribution in [0.5, 0.6) is 0 Å². The van der Waals surface area contributed by atoms with Crippen LogP contribution in [0.1, 0.15) is 29.8 Å². The molecule has 2 heterocycles. The van der Waals surface area contributed by atoms with Gasteiger partial charge >= 0.3 is 0 Å². The second-order valence-corrected chi connectivity index (χ2v) is 4.85. The van der Waals surface area contributed by atoms with Crippen molar-refractivity contribution in [2.45, 2.75) is 32.2 Å². The molecule has 1 aliphatic rings. The predicted molar refractivity (Wildman–Crippen MR) is 67.2 cm³/mol. The van der Waals surface area contributed by atoms with Gasteiger partial charge in [-0.15, -0.1) is 0 Å². The summed E-state index contributed by atoms with van der Waals surface area (Å²) in [5.41, 5.74) is 3.84. The summed E-state index contributed by atoms with van der Waals surface area (Å²) in [6, 6.07) is 3.85. The van der Waals surface area contributed by atoms with Gasteiger partial charge in [-0.1, -0.05) is 17.7 Å². The number of rotatable bonds is 2. The summed E-state index contributed by atoms with van der Waals surface area (Å²) in [7, 11) is 0. The van der Waals surface area contributed by atoms with Crippen molar-refractivity contribution in [3.63, 3.8) is 0 Å². The number of fused-ring (bicyclic) bond motifs is 1. The van der Waals surface area contributed by atoms with Gasteiger partial charge < -0.3 is 4.57 Å². The fourth-order valence-corrected chi connectivity index (χ4v) is 2.48. The Bertz CT molecular complexity index is 516. The second kappa shape index (κ2) is 4.49. The molecule has 0 amide bonds. The van der Waals surface area contributed by atoms with Crippen LogP contribution >= 0.6 is 11.6 Å². The molecule has 4 heteroatoms. The minimum atomic E-state index is 0.543. The fourth-order valence-electron chi connectivity index (χ4n) is 2.36.